The number of hydrogen-bond donors (Lipinski definition) is 8. The SMILES string of the molecule is Cc1c(C(N)=O)c(O)[nH]c(=O)c1N=Nc1cc(Nc2nc(Cl)nc(Nc3ccc(S(=O)(=O)O)cc3S(=O)(=O)O)n2)ccc1S(=O)(=O)O. The molecule has 1 amide bonds. The fourth-order valence-corrected chi connectivity index (χ4v) is 5.82. The molecule has 4 rings (SSSR count). The molecule has 47 heavy (non-hydrogen) atoms. The number of benzene rings is 2. The lowest BCUT2D eigenvalue weighted by Crippen LogP contribution is -2.18. The summed E-state index contributed by atoms with van der Waals surface area (Å²) in [5.41, 5.74) is 1.92. The minimum absolute atomic E-state index is 0.0372. The Morgan fingerprint density at radius 3 is 2.06 bits per heavy atom. The van der Waals surface area contributed by atoms with Crippen molar-refractivity contribution in [3.8, 4) is 5.88 Å². The predicted octanol–water partition coefficient (Wildman–Crippen LogP) is 1.97. The second-order valence-electron chi connectivity index (χ2n) is 8.98. The van der Waals surface area contributed by atoms with Gasteiger partial charge in [-0.3, -0.25) is 28.2 Å². The third-order valence-corrected chi connectivity index (χ3v) is 8.61. The van der Waals surface area contributed by atoms with Crippen molar-refractivity contribution in [2.75, 3.05) is 10.6 Å². The highest BCUT2D eigenvalue weighted by atomic mass is 35.5. The summed E-state index contributed by atoms with van der Waals surface area (Å²) in [7, 11) is -14.9. The molecular weight excluding hydrogens is 714 g/mol. The highest BCUT2D eigenvalue weighted by Gasteiger charge is 2.23. The van der Waals surface area contributed by atoms with Crippen molar-refractivity contribution >= 4 is 82.5 Å². The van der Waals surface area contributed by atoms with Gasteiger partial charge in [-0.15, -0.1) is 10.2 Å². The predicted molar refractivity (Wildman–Crippen MR) is 160 cm³/mol. The quantitative estimate of drug-likeness (QED) is 0.0853. The lowest BCUT2D eigenvalue weighted by atomic mass is 10.1. The van der Waals surface area contributed by atoms with E-state index in [1.165, 1.54) is 6.92 Å². The highest BCUT2D eigenvalue weighted by Crippen LogP contribution is 2.32. The molecule has 248 valence electrons. The van der Waals surface area contributed by atoms with Gasteiger partial charge in [-0.25, -0.2) is 0 Å². The molecule has 9 N–H and O–H groups in total. The normalized spacial score (nSPS) is 12.3. The number of anilines is 4. The number of halogens is 1. The van der Waals surface area contributed by atoms with Crippen LogP contribution in [0.3, 0.4) is 0 Å². The van der Waals surface area contributed by atoms with E-state index in [2.05, 4.69) is 35.8 Å². The molecule has 2 aromatic heterocycles. The molecule has 2 aromatic carbocycles. The zero-order chi connectivity index (χ0) is 35.1. The smallest absolute Gasteiger partial charge is 0.296 e. The van der Waals surface area contributed by atoms with Gasteiger partial charge in [0, 0.05) is 11.3 Å². The Morgan fingerprint density at radius 1 is 0.872 bits per heavy atom. The zero-order valence-electron chi connectivity index (χ0n) is 22.9. The number of nitrogens with two attached hydrogens (primary N) is 1. The van der Waals surface area contributed by atoms with Crippen LogP contribution in [0.15, 0.2) is 66.1 Å². The number of nitrogens with one attached hydrogen (secondary N) is 3. The number of H-pyrrole nitrogens is 1. The lowest BCUT2D eigenvalue weighted by Gasteiger charge is -2.12. The summed E-state index contributed by atoms with van der Waals surface area (Å²) in [5.74, 6) is -2.78. The molecule has 0 saturated carbocycles. The Morgan fingerprint density at radius 2 is 1.49 bits per heavy atom. The van der Waals surface area contributed by atoms with E-state index in [1.807, 2.05) is 4.98 Å². The molecule has 21 nitrogen and oxygen atoms in total. The van der Waals surface area contributed by atoms with Crippen molar-refractivity contribution in [2.24, 2.45) is 16.0 Å². The molecule has 0 bridgehead atoms. The number of rotatable bonds is 10. The Balaban J connectivity index is 1.74. The first-order valence-corrected chi connectivity index (χ1v) is 16.7. The average Bonchev–Trinajstić information content (AvgIpc) is 2.90. The molecule has 0 radical (unpaired) electrons. The van der Waals surface area contributed by atoms with Crippen LogP contribution in [0, 0.1) is 6.92 Å². The van der Waals surface area contributed by atoms with Crippen molar-refractivity contribution in [1.82, 2.24) is 19.9 Å². The van der Waals surface area contributed by atoms with Gasteiger partial charge in [0.2, 0.25) is 23.1 Å². The molecule has 0 fully saturated rings. The molecule has 2 heterocycles. The molecule has 0 aliphatic heterocycles. The first-order chi connectivity index (χ1) is 21.6. The van der Waals surface area contributed by atoms with E-state index in [0.29, 0.717) is 6.07 Å². The van der Waals surface area contributed by atoms with Crippen LogP contribution in [0.2, 0.25) is 5.28 Å². The minimum Gasteiger partial charge on any atom is -0.494 e. The van der Waals surface area contributed by atoms with E-state index in [0.717, 1.165) is 30.3 Å². The van der Waals surface area contributed by atoms with Crippen LogP contribution in [0.5, 0.6) is 5.88 Å². The Hall–Kier alpha value is -5.11. The third kappa shape index (κ3) is 8.01. The number of hydrogen-bond acceptors (Lipinski definition) is 16. The van der Waals surface area contributed by atoms with Crippen LogP contribution in [0.4, 0.5) is 34.6 Å². The van der Waals surface area contributed by atoms with Crippen LogP contribution in [0.25, 0.3) is 0 Å². The number of aromatic hydroxyl groups is 1. The molecule has 0 atom stereocenters. The second kappa shape index (κ2) is 12.6. The minimum atomic E-state index is -5.07. The van der Waals surface area contributed by atoms with Gasteiger partial charge in [0.05, 0.1) is 10.6 Å². The highest BCUT2D eigenvalue weighted by molar-refractivity contribution is 7.87. The zero-order valence-corrected chi connectivity index (χ0v) is 26.1. The number of pyridine rings is 1. The maximum atomic E-state index is 12.4. The Bertz CT molecular complexity index is 2380. The van der Waals surface area contributed by atoms with E-state index in [9.17, 15) is 53.6 Å². The number of primary amides is 1. The van der Waals surface area contributed by atoms with E-state index in [1.54, 1.807) is 0 Å². The molecule has 0 saturated heterocycles. The van der Waals surface area contributed by atoms with Gasteiger partial charge in [-0.2, -0.15) is 40.2 Å². The standard InChI is InChI=1S/C22H18ClN9O12S3/c1-8-15(17(24)33)18(34)27-19(35)16(8)32-31-12-6-9(2-5-13(12)46(39,40)41)25-21-28-20(23)29-22(30-21)26-11-4-3-10(45(36,37)38)7-14(11)47(42,43)44/h2-7H,1H3,(H2,24,33)(H2,27,34,35)(H,36,37,38)(H,39,40,41)(H,42,43,44)(H2,25,26,28,29,30). The van der Waals surface area contributed by atoms with Crippen molar-refractivity contribution in [3.05, 3.63) is 63.2 Å². The number of carbonyl (C=O) groups is 1. The second-order valence-corrected chi connectivity index (χ2v) is 13.5. The number of azo groups is 1. The number of amides is 1. The third-order valence-electron chi connectivity index (χ3n) is 5.79. The van der Waals surface area contributed by atoms with E-state index in [-0.39, 0.29) is 17.2 Å². The van der Waals surface area contributed by atoms with E-state index < -0.39 is 96.2 Å². The fourth-order valence-electron chi connectivity index (χ4n) is 3.80. The first kappa shape index (κ1) is 34.8. The van der Waals surface area contributed by atoms with Crippen LogP contribution < -0.4 is 21.9 Å². The van der Waals surface area contributed by atoms with Gasteiger partial charge in [0.25, 0.3) is 41.8 Å². The van der Waals surface area contributed by atoms with Crippen molar-refractivity contribution in [3.63, 3.8) is 0 Å². The number of aromatic amines is 1. The van der Waals surface area contributed by atoms with Gasteiger partial charge in [0.15, 0.2) is 5.69 Å². The maximum Gasteiger partial charge on any atom is 0.296 e. The van der Waals surface area contributed by atoms with Crippen LogP contribution >= 0.6 is 11.6 Å². The van der Waals surface area contributed by atoms with Gasteiger partial charge >= 0.3 is 0 Å². The number of carbonyl (C=O) groups excluding carboxylic acids is 1. The van der Waals surface area contributed by atoms with Gasteiger partial charge in [0.1, 0.15) is 21.0 Å². The van der Waals surface area contributed by atoms with E-state index >= 15 is 0 Å². The fraction of sp³-hybridized carbons (Fsp3) is 0.0455. The topological polar surface area (TPSA) is 347 Å². The largest absolute Gasteiger partial charge is 0.494 e. The average molecular weight is 732 g/mol. The summed E-state index contributed by atoms with van der Waals surface area (Å²) in [6.45, 7) is 1.21. The van der Waals surface area contributed by atoms with Gasteiger partial charge in [-0.05, 0) is 54.9 Å². The van der Waals surface area contributed by atoms with Crippen molar-refractivity contribution in [2.45, 2.75) is 21.6 Å². The number of aromatic nitrogens is 4. The van der Waals surface area contributed by atoms with E-state index in [4.69, 9.17) is 17.3 Å². The number of nitrogens with zero attached hydrogens (tertiary/aromatic N) is 5. The molecule has 0 aliphatic rings. The maximum absolute atomic E-state index is 12.4. The monoisotopic (exact) mass is 731 g/mol. The Labute approximate surface area is 267 Å². The van der Waals surface area contributed by atoms with Crippen molar-refractivity contribution in [1.29, 1.82) is 0 Å². The Kier molecular flexibility index (Phi) is 9.31. The summed E-state index contributed by atoms with van der Waals surface area (Å²) in [4.78, 5) is 34.9. The van der Waals surface area contributed by atoms with Gasteiger partial charge < -0.3 is 21.5 Å². The first-order valence-electron chi connectivity index (χ1n) is 12.0. The molecule has 0 aliphatic carbocycles. The van der Waals surface area contributed by atoms with Crippen LogP contribution in [0.1, 0.15) is 15.9 Å². The summed E-state index contributed by atoms with van der Waals surface area (Å²) >= 11 is 5.96. The molecule has 0 unspecified atom stereocenters. The summed E-state index contributed by atoms with van der Waals surface area (Å²) in [6, 6.07) is 5.14. The molecule has 0 spiro atoms. The van der Waals surface area contributed by atoms with Crippen LogP contribution in [-0.2, 0) is 30.4 Å². The van der Waals surface area contributed by atoms with Crippen molar-refractivity contribution < 1.29 is 48.8 Å². The molecule has 4 aromatic rings. The molecular formula is C22H18ClN9O12S3. The van der Waals surface area contributed by atoms with Gasteiger partial charge in [-0.1, -0.05) is 0 Å². The summed E-state index contributed by atoms with van der Waals surface area (Å²) in [5, 5.41) is 21.7. The molecule has 25 heteroatoms. The lowest BCUT2D eigenvalue weighted by molar-refractivity contribution is 0.0996. The summed E-state index contributed by atoms with van der Waals surface area (Å²) < 4.78 is 99.1. The van der Waals surface area contributed by atoms with Crippen LogP contribution in [-0.4, -0.2) is 69.9 Å². The summed E-state index contributed by atoms with van der Waals surface area (Å²) in [6.07, 6.45) is 0.